The number of rotatable bonds is 8. The highest BCUT2D eigenvalue weighted by atomic mass is 79.9. The average molecular weight is 492 g/mol. The molecule has 2 aromatic carbocycles. The van der Waals surface area contributed by atoms with Crippen LogP contribution in [-0.2, 0) is 17.9 Å². The van der Waals surface area contributed by atoms with E-state index in [1.807, 2.05) is 12.1 Å². The van der Waals surface area contributed by atoms with Gasteiger partial charge in [0.25, 0.3) is 5.56 Å². The molecule has 0 fully saturated rings. The van der Waals surface area contributed by atoms with Crippen molar-refractivity contribution in [2.45, 2.75) is 20.1 Å². The molecule has 0 aliphatic rings. The molecule has 3 N–H and O–H groups in total. The highest BCUT2D eigenvalue weighted by Gasteiger charge is 2.15. The van der Waals surface area contributed by atoms with E-state index < -0.39 is 17.5 Å². The number of hydrogen-bond acceptors (Lipinski definition) is 4. The van der Waals surface area contributed by atoms with Gasteiger partial charge < -0.3 is 15.8 Å². The number of carbonyl (C=O) groups is 1. The highest BCUT2D eigenvalue weighted by Crippen LogP contribution is 2.25. The van der Waals surface area contributed by atoms with E-state index in [4.69, 9.17) is 10.5 Å². The van der Waals surface area contributed by atoms with Gasteiger partial charge in [0.15, 0.2) is 0 Å². The number of amides is 1. The fraction of sp³-hybridized carbons (Fsp3) is 0.182. The third-order valence-corrected chi connectivity index (χ3v) is 5.23. The van der Waals surface area contributed by atoms with Crippen molar-refractivity contribution in [2.75, 3.05) is 6.54 Å². The van der Waals surface area contributed by atoms with E-state index in [9.17, 15) is 18.4 Å². The largest absolute Gasteiger partial charge is 0.487 e. The molecule has 0 spiro atoms. The normalized spacial score (nSPS) is 10.8. The molecule has 0 saturated carbocycles. The van der Waals surface area contributed by atoms with Crippen LogP contribution in [0.5, 0.6) is 5.75 Å². The number of carbonyl (C=O) groups excluding carboxylic acids is 1. The molecular formula is C22H20BrF2N3O3. The van der Waals surface area contributed by atoms with Crippen LogP contribution < -0.4 is 21.3 Å². The van der Waals surface area contributed by atoms with Crippen molar-refractivity contribution in [3.8, 4) is 11.4 Å². The first-order chi connectivity index (χ1) is 14.8. The molecule has 9 heteroatoms. The Morgan fingerprint density at radius 2 is 1.97 bits per heavy atom. The summed E-state index contributed by atoms with van der Waals surface area (Å²) in [7, 11) is 0. The minimum atomic E-state index is -0.719. The molecule has 0 radical (unpaired) electrons. The van der Waals surface area contributed by atoms with Crippen LogP contribution in [0.25, 0.3) is 5.69 Å². The van der Waals surface area contributed by atoms with Crippen LogP contribution in [0.3, 0.4) is 0 Å². The number of nitrogens with zero attached hydrogens (tertiary/aromatic N) is 1. The van der Waals surface area contributed by atoms with Gasteiger partial charge in [-0.25, -0.2) is 8.78 Å². The number of benzene rings is 2. The second kappa shape index (κ2) is 9.84. The van der Waals surface area contributed by atoms with Crippen LogP contribution in [0.4, 0.5) is 8.78 Å². The lowest BCUT2D eigenvalue weighted by molar-refractivity contribution is -0.117. The van der Waals surface area contributed by atoms with E-state index in [1.54, 1.807) is 25.1 Å². The van der Waals surface area contributed by atoms with E-state index >= 15 is 0 Å². The van der Waals surface area contributed by atoms with Crippen molar-refractivity contribution in [1.82, 2.24) is 9.88 Å². The molecule has 6 nitrogen and oxygen atoms in total. The standard InChI is InChI=1S/C22H20BrF2N3O3/c1-13-7-19(31-12-15-5-6-16(24)9-18(15)25)21(23)22(30)28(13)17-4-2-3-14(8-17)10-27-11-20(26)29/h2-9,27H,10-12H2,1H3,(H2,26,29). The molecule has 0 aliphatic heterocycles. The summed E-state index contributed by atoms with van der Waals surface area (Å²) in [5.74, 6) is -1.60. The maximum atomic E-state index is 13.8. The van der Waals surface area contributed by atoms with Crippen LogP contribution >= 0.6 is 15.9 Å². The van der Waals surface area contributed by atoms with Crippen molar-refractivity contribution in [3.63, 3.8) is 0 Å². The van der Waals surface area contributed by atoms with Gasteiger partial charge in [-0.05, 0) is 52.7 Å². The SMILES string of the molecule is Cc1cc(OCc2ccc(F)cc2F)c(Br)c(=O)n1-c1cccc(CNCC(N)=O)c1. The summed E-state index contributed by atoms with van der Waals surface area (Å²) in [6.07, 6.45) is 0. The Labute approximate surface area is 185 Å². The van der Waals surface area contributed by atoms with E-state index in [-0.39, 0.29) is 34.5 Å². The predicted molar refractivity (Wildman–Crippen MR) is 116 cm³/mol. The van der Waals surface area contributed by atoms with Crippen molar-refractivity contribution < 1.29 is 18.3 Å². The number of pyridine rings is 1. The number of halogens is 3. The predicted octanol–water partition coefficient (Wildman–Crippen LogP) is 3.34. The summed E-state index contributed by atoms with van der Waals surface area (Å²) >= 11 is 3.27. The smallest absolute Gasteiger partial charge is 0.273 e. The minimum Gasteiger partial charge on any atom is -0.487 e. The van der Waals surface area contributed by atoms with Gasteiger partial charge in [-0.15, -0.1) is 0 Å². The Hall–Kier alpha value is -3.04. The maximum absolute atomic E-state index is 13.8. The molecule has 0 saturated heterocycles. The first-order valence-corrected chi connectivity index (χ1v) is 10.1. The molecular weight excluding hydrogens is 472 g/mol. The molecule has 0 unspecified atom stereocenters. The molecule has 31 heavy (non-hydrogen) atoms. The first-order valence-electron chi connectivity index (χ1n) is 9.33. The fourth-order valence-electron chi connectivity index (χ4n) is 3.04. The lowest BCUT2D eigenvalue weighted by atomic mass is 10.2. The number of nitrogens with two attached hydrogens (primary N) is 1. The number of primary amides is 1. The number of ether oxygens (including phenoxy) is 1. The van der Waals surface area contributed by atoms with Crippen molar-refractivity contribution in [2.24, 2.45) is 5.73 Å². The molecule has 1 amide bonds. The second-order valence-corrected chi connectivity index (χ2v) is 7.66. The summed E-state index contributed by atoms with van der Waals surface area (Å²) in [6.45, 7) is 2.05. The minimum absolute atomic E-state index is 0.0510. The monoisotopic (exact) mass is 491 g/mol. The molecule has 0 aliphatic carbocycles. The molecule has 0 atom stereocenters. The molecule has 3 rings (SSSR count). The zero-order chi connectivity index (χ0) is 22.5. The summed E-state index contributed by atoms with van der Waals surface area (Å²) in [6, 6.07) is 12.2. The van der Waals surface area contributed by atoms with Gasteiger partial charge in [0.1, 0.15) is 28.5 Å². The summed E-state index contributed by atoms with van der Waals surface area (Å²) < 4.78 is 34.2. The average Bonchev–Trinajstić information content (AvgIpc) is 2.71. The molecule has 3 aromatic rings. The fourth-order valence-corrected chi connectivity index (χ4v) is 3.44. The number of aromatic nitrogens is 1. The third kappa shape index (κ3) is 5.56. The second-order valence-electron chi connectivity index (χ2n) is 6.87. The number of hydrogen-bond donors (Lipinski definition) is 2. The Morgan fingerprint density at radius 3 is 2.68 bits per heavy atom. The molecule has 1 heterocycles. The van der Waals surface area contributed by atoms with Gasteiger partial charge in [0.05, 0.1) is 6.54 Å². The van der Waals surface area contributed by atoms with E-state index in [1.165, 1.54) is 10.6 Å². The van der Waals surface area contributed by atoms with Crippen molar-refractivity contribution in [3.05, 3.63) is 91.8 Å². The van der Waals surface area contributed by atoms with Gasteiger partial charge in [0.2, 0.25) is 5.91 Å². The summed E-state index contributed by atoms with van der Waals surface area (Å²) in [5.41, 5.74) is 7.05. The topological polar surface area (TPSA) is 86.3 Å². The number of nitrogens with one attached hydrogen (secondary N) is 1. The number of aryl methyl sites for hydroxylation is 1. The van der Waals surface area contributed by atoms with Gasteiger partial charge >= 0.3 is 0 Å². The maximum Gasteiger partial charge on any atom is 0.273 e. The van der Waals surface area contributed by atoms with E-state index in [0.717, 1.165) is 17.7 Å². The van der Waals surface area contributed by atoms with Crippen LogP contribution in [0.2, 0.25) is 0 Å². The lowest BCUT2D eigenvalue weighted by Gasteiger charge is -2.15. The van der Waals surface area contributed by atoms with E-state index in [0.29, 0.717) is 17.9 Å². The van der Waals surface area contributed by atoms with Crippen LogP contribution in [0, 0.1) is 18.6 Å². The summed E-state index contributed by atoms with van der Waals surface area (Å²) in [4.78, 5) is 23.9. The van der Waals surface area contributed by atoms with Crippen molar-refractivity contribution in [1.29, 1.82) is 0 Å². The van der Waals surface area contributed by atoms with Gasteiger partial charge in [-0.1, -0.05) is 12.1 Å². The van der Waals surface area contributed by atoms with Crippen LogP contribution in [-0.4, -0.2) is 17.0 Å². The molecule has 162 valence electrons. The third-order valence-electron chi connectivity index (χ3n) is 4.50. The van der Waals surface area contributed by atoms with E-state index in [2.05, 4.69) is 21.2 Å². The Balaban J connectivity index is 1.85. The van der Waals surface area contributed by atoms with Gasteiger partial charge in [-0.2, -0.15) is 0 Å². The Kier molecular flexibility index (Phi) is 7.19. The van der Waals surface area contributed by atoms with Crippen LogP contribution in [0.1, 0.15) is 16.8 Å². The highest BCUT2D eigenvalue weighted by molar-refractivity contribution is 9.10. The van der Waals surface area contributed by atoms with Gasteiger partial charge in [0, 0.05) is 35.6 Å². The van der Waals surface area contributed by atoms with Gasteiger partial charge in [-0.3, -0.25) is 14.2 Å². The zero-order valence-corrected chi connectivity index (χ0v) is 18.2. The lowest BCUT2D eigenvalue weighted by Crippen LogP contribution is -2.28. The Bertz CT molecular complexity index is 1180. The molecule has 0 bridgehead atoms. The quantitative estimate of drug-likeness (QED) is 0.505. The first kappa shape index (κ1) is 22.6. The Morgan fingerprint density at radius 1 is 1.19 bits per heavy atom. The zero-order valence-electron chi connectivity index (χ0n) is 16.6. The van der Waals surface area contributed by atoms with Crippen molar-refractivity contribution >= 4 is 21.8 Å². The summed E-state index contributed by atoms with van der Waals surface area (Å²) in [5, 5.41) is 2.92. The van der Waals surface area contributed by atoms with Crippen LogP contribution in [0.15, 0.2) is 57.8 Å². The molecule has 1 aromatic heterocycles.